The lowest BCUT2D eigenvalue weighted by Gasteiger charge is -2.45. The lowest BCUT2D eigenvalue weighted by atomic mass is 9.88. The van der Waals surface area contributed by atoms with Gasteiger partial charge in [-0.2, -0.15) is 0 Å². The van der Waals surface area contributed by atoms with Crippen molar-refractivity contribution in [3.05, 3.63) is 0 Å². The Kier molecular flexibility index (Phi) is 6.27. The number of carbonyl (C=O) groups is 1. The molecule has 2 atom stereocenters. The van der Waals surface area contributed by atoms with Crippen molar-refractivity contribution in [1.82, 2.24) is 15.5 Å². The van der Waals surface area contributed by atoms with Crippen LogP contribution in [0.3, 0.4) is 0 Å². The molecule has 112 valence electrons. The number of nitrogens with zero attached hydrogens (tertiary/aromatic N) is 1. The van der Waals surface area contributed by atoms with E-state index in [-0.39, 0.29) is 11.4 Å². The number of likely N-dealkylation sites (tertiary alicyclic amines) is 1. The lowest BCUT2D eigenvalue weighted by molar-refractivity contribution is -0.121. The molecule has 0 radical (unpaired) electrons. The second-order valence-electron chi connectivity index (χ2n) is 6.79. The summed E-state index contributed by atoms with van der Waals surface area (Å²) in [5.74, 6) is 1.64. The number of hydrogen-bond donors (Lipinski definition) is 2. The van der Waals surface area contributed by atoms with Crippen molar-refractivity contribution in [3.8, 4) is 0 Å². The molecule has 2 N–H and O–H groups in total. The minimum atomic E-state index is 0.0399. The molecule has 0 aromatic heterocycles. The summed E-state index contributed by atoms with van der Waals surface area (Å²) in [4.78, 5) is 14.2. The Morgan fingerprint density at radius 2 is 1.84 bits per heavy atom. The van der Waals surface area contributed by atoms with E-state index in [1.807, 2.05) is 7.05 Å². The Labute approximate surface area is 118 Å². The maximum Gasteiger partial charge on any atom is 0.221 e. The van der Waals surface area contributed by atoms with E-state index >= 15 is 0 Å². The molecule has 0 saturated carbocycles. The van der Waals surface area contributed by atoms with E-state index in [0.29, 0.717) is 6.42 Å². The van der Waals surface area contributed by atoms with Crippen molar-refractivity contribution in [3.63, 3.8) is 0 Å². The Balaban J connectivity index is 2.43. The Morgan fingerprint density at radius 3 is 2.37 bits per heavy atom. The van der Waals surface area contributed by atoms with Crippen LogP contribution in [0.2, 0.25) is 0 Å². The summed E-state index contributed by atoms with van der Waals surface area (Å²) in [6, 6.07) is 0. The van der Waals surface area contributed by atoms with Gasteiger partial charge in [0.05, 0.1) is 0 Å². The molecule has 0 spiro atoms. The molecule has 1 heterocycles. The average molecular weight is 269 g/mol. The van der Waals surface area contributed by atoms with Gasteiger partial charge in [0.1, 0.15) is 0 Å². The number of hydrogen-bond acceptors (Lipinski definition) is 3. The van der Waals surface area contributed by atoms with E-state index in [2.05, 4.69) is 43.2 Å². The highest BCUT2D eigenvalue weighted by Crippen LogP contribution is 2.26. The predicted octanol–water partition coefficient (Wildman–Crippen LogP) is 1.47. The first-order valence-electron chi connectivity index (χ1n) is 7.51. The summed E-state index contributed by atoms with van der Waals surface area (Å²) in [6.07, 6.45) is 1.88. The smallest absolute Gasteiger partial charge is 0.221 e. The zero-order chi connectivity index (χ0) is 14.5. The number of nitrogens with one attached hydrogen (secondary N) is 2. The first kappa shape index (κ1) is 16.4. The summed E-state index contributed by atoms with van der Waals surface area (Å²) >= 11 is 0. The molecule has 4 nitrogen and oxygen atoms in total. The van der Waals surface area contributed by atoms with Crippen LogP contribution in [0, 0.1) is 11.8 Å². The number of amides is 1. The molecule has 0 bridgehead atoms. The van der Waals surface area contributed by atoms with Crippen LogP contribution in [0.5, 0.6) is 0 Å². The maximum atomic E-state index is 11.7. The Morgan fingerprint density at radius 1 is 1.26 bits per heavy atom. The van der Waals surface area contributed by atoms with E-state index in [1.54, 1.807) is 0 Å². The van der Waals surface area contributed by atoms with Gasteiger partial charge < -0.3 is 10.6 Å². The van der Waals surface area contributed by atoms with Gasteiger partial charge in [-0.15, -0.1) is 0 Å². The third kappa shape index (κ3) is 5.49. The summed E-state index contributed by atoms with van der Waals surface area (Å²) in [5.41, 5.74) is 0.0399. The third-order valence-electron chi connectivity index (χ3n) is 4.05. The molecule has 0 aliphatic carbocycles. The quantitative estimate of drug-likeness (QED) is 0.767. The van der Waals surface area contributed by atoms with E-state index in [4.69, 9.17) is 0 Å². The van der Waals surface area contributed by atoms with Gasteiger partial charge in [0, 0.05) is 38.1 Å². The summed E-state index contributed by atoms with van der Waals surface area (Å²) in [5, 5.41) is 6.06. The molecule has 0 aromatic rings. The minimum absolute atomic E-state index is 0.0399. The van der Waals surface area contributed by atoms with Crippen LogP contribution < -0.4 is 10.6 Å². The van der Waals surface area contributed by atoms with Gasteiger partial charge in [0.15, 0.2) is 0 Å². The fourth-order valence-corrected chi connectivity index (χ4v) is 2.91. The number of carbonyl (C=O) groups excluding carboxylic acids is 1. The van der Waals surface area contributed by atoms with Gasteiger partial charge in [-0.1, -0.05) is 13.8 Å². The van der Waals surface area contributed by atoms with Gasteiger partial charge in [-0.3, -0.25) is 9.69 Å². The van der Waals surface area contributed by atoms with E-state index < -0.39 is 0 Å². The largest absolute Gasteiger partial charge is 0.354 e. The van der Waals surface area contributed by atoms with Crippen molar-refractivity contribution in [1.29, 1.82) is 0 Å². The van der Waals surface area contributed by atoms with Gasteiger partial charge >= 0.3 is 0 Å². The van der Waals surface area contributed by atoms with Crippen molar-refractivity contribution in [2.24, 2.45) is 11.8 Å². The monoisotopic (exact) mass is 269 g/mol. The fraction of sp³-hybridized carbons (Fsp3) is 0.933. The SMILES string of the molecule is CNCCC(=O)NCC(C)(C)N1CC(C)CC(C)C1. The van der Waals surface area contributed by atoms with Crippen LogP contribution in [0.4, 0.5) is 0 Å². The maximum absolute atomic E-state index is 11.7. The molecule has 4 heteroatoms. The van der Waals surface area contributed by atoms with E-state index in [0.717, 1.165) is 38.0 Å². The van der Waals surface area contributed by atoms with Crippen LogP contribution in [0.15, 0.2) is 0 Å². The molecular weight excluding hydrogens is 238 g/mol. The molecule has 1 rings (SSSR count). The molecule has 19 heavy (non-hydrogen) atoms. The van der Waals surface area contributed by atoms with Gasteiger partial charge in [0.2, 0.25) is 5.91 Å². The van der Waals surface area contributed by atoms with Gasteiger partial charge in [-0.25, -0.2) is 0 Å². The molecular formula is C15H31N3O. The predicted molar refractivity (Wildman–Crippen MR) is 80.2 cm³/mol. The molecule has 1 fully saturated rings. The summed E-state index contributed by atoms with van der Waals surface area (Å²) < 4.78 is 0. The van der Waals surface area contributed by atoms with Crippen molar-refractivity contribution in [2.45, 2.75) is 46.1 Å². The van der Waals surface area contributed by atoms with Crippen LogP contribution in [-0.4, -0.2) is 49.6 Å². The fourth-order valence-electron chi connectivity index (χ4n) is 2.91. The summed E-state index contributed by atoms with van der Waals surface area (Å²) in [6.45, 7) is 12.9. The number of piperidine rings is 1. The molecule has 1 aliphatic rings. The van der Waals surface area contributed by atoms with Crippen molar-refractivity contribution < 1.29 is 4.79 Å². The van der Waals surface area contributed by atoms with Crippen molar-refractivity contribution in [2.75, 3.05) is 33.2 Å². The van der Waals surface area contributed by atoms with Crippen LogP contribution >= 0.6 is 0 Å². The zero-order valence-corrected chi connectivity index (χ0v) is 13.3. The van der Waals surface area contributed by atoms with E-state index in [9.17, 15) is 4.79 Å². The van der Waals surface area contributed by atoms with Crippen LogP contribution in [-0.2, 0) is 4.79 Å². The average Bonchev–Trinajstić information content (AvgIpc) is 2.32. The lowest BCUT2D eigenvalue weighted by Crippen LogP contribution is -2.56. The van der Waals surface area contributed by atoms with Crippen LogP contribution in [0.1, 0.15) is 40.5 Å². The zero-order valence-electron chi connectivity index (χ0n) is 13.3. The highest BCUT2D eigenvalue weighted by atomic mass is 16.1. The normalized spacial score (nSPS) is 25.3. The van der Waals surface area contributed by atoms with Gasteiger partial charge in [-0.05, 0) is 39.2 Å². The standard InChI is InChI=1S/C15H31N3O/c1-12-8-13(2)10-18(9-12)15(3,4)11-17-14(19)6-7-16-5/h12-13,16H,6-11H2,1-5H3,(H,17,19). The molecule has 2 unspecified atom stereocenters. The van der Waals surface area contributed by atoms with Crippen LogP contribution in [0.25, 0.3) is 0 Å². The highest BCUT2D eigenvalue weighted by molar-refractivity contribution is 5.76. The number of rotatable bonds is 6. The molecule has 0 aromatic carbocycles. The molecule has 1 saturated heterocycles. The summed E-state index contributed by atoms with van der Waals surface area (Å²) in [7, 11) is 1.87. The van der Waals surface area contributed by atoms with Gasteiger partial charge in [0.25, 0.3) is 0 Å². The molecule has 1 amide bonds. The van der Waals surface area contributed by atoms with E-state index in [1.165, 1.54) is 6.42 Å². The second kappa shape index (κ2) is 7.25. The first-order chi connectivity index (χ1) is 8.85. The van der Waals surface area contributed by atoms with Crippen molar-refractivity contribution >= 4 is 5.91 Å². The molecule has 1 aliphatic heterocycles. The second-order valence-corrected chi connectivity index (χ2v) is 6.79. The minimum Gasteiger partial charge on any atom is -0.354 e. The topological polar surface area (TPSA) is 44.4 Å². The Bertz CT molecular complexity index is 281. The third-order valence-corrected chi connectivity index (χ3v) is 4.05. The Hall–Kier alpha value is -0.610. The highest BCUT2D eigenvalue weighted by Gasteiger charge is 2.32. The first-order valence-corrected chi connectivity index (χ1v) is 7.51.